The van der Waals surface area contributed by atoms with Gasteiger partial charge in [-0.2, -0.15) is 5.26 Å². The van der Waals surface area contributed by atoms with Gasteiger partial charge >= 0.3 is 0 Å². The minimum Gasteiger partial charge on any atom is -0.192 e. The first-order valence-electron chi connectivity index (χ1n) is 6.49. The molecule has 0 heterocycles. The molecule has 3 rings (SSSR count). The number of hydrogen-bond acceptors (Lipinski definition) is 1. The van der Waals surface area contributed by atoms with Gasteiger partial charge in [0.15, 0.2) is 0 Å². The van der Waals surface area contributed by atoms with Gasteiger partial charge in [-0.05, 0) is 42.2 Å². The van der Waals surface area contributed by atoms with Crippen LogP contribution in [0.1, 0.15) is 28.2 Å². The molecule has 0 N–H and O–H groups in total. The number of nitrogens with zero attached hydrogens (tertiary/aromatic N) is 1. The van der Waals surface area contributed by atoms with Crippen molar-refractivity contribution in [2.75, 3.05) is 0 Å². The molecule has 0 aliphatic heterocycles. The first-order chi connectivity index (χ1) is 9.19. The van der Waals surface area contributed by atoms with Gasteiger partial charge in [-0.3, -0.25) is 0 Å². The van der Waals surface area contributed by atoms with E-state index in [9.17, 15) is 5.26 Å². The summed E-state index contributed by atoms with van der Waals surface area (Å²) in [6.45, 7) is 4.12. The zero-order valence-corrected chi connectivity index (χ0v) is 11.1. The Labute approximate surface area is 113 Å². The summed E-state index contributed by atoms with van der Waals surface area (Å²) in [6.07, 6.45) is 4.39. The summed E-state index contributed by atoms with van der Waals surface area (Å²) < 4.78 is 0. The van der Waals surface area contributed by atoms with E-state index in [2.05, 4.69) is 55.5 Å². The molecule has 0 saturated heterocycles. The largest absolute Gasteiger partial charge is 0.192 e. The maximum absolute atomic E-state index is 9.34. The minimum atomic E-state index is 0.447. The van der Waals surface area contributed by atoms with Crippen molar-refractivity contribution < 1.29 is 0 Å². The van der Waals surface area contributed by atoms with E-state index in [1.807, 2.05) is 13.0 Å². The van der Waals surface area contributed by atoms with E-state index in [0.717, 1.165) is 16.7 Å². The molecule has 0 bridgehead atoms. The second-order valence-corrected chi connectivity index (χ2v) is 5.16. The minimum absolute atomic E-state index is 0.447. The van der Waals surface area contributed by atoms with E-state index in [1.165, 1.54) is 16.7 Å². The van der Waals surface area contributed by atoms with Crippen molar-refractivity contribution in [3.63, 3.8) is 0 Å². The number of nitriles is 1. The third-order valence-electron chi connectivity index (χ3n) is 3.54. The highest BCUT2D eigenvalue weighted by atomic mass is 14.3. The van der Waals surface area contributed by atoms with Crippen molar-refractivity contribution in [2.24, 2.45) is 0 Å². The van der Waals surface area contributed by atoms with Gasteiger partial charge in [-0.15, -0.1) is 0 Å². The van der Waals surface area contributed by atoms with Gasteiger partial charge in [0, 0.05) is 5.92 Å². The molecule has 0 spiro atoms. The molecular formula is C18H15N. The van der Waals surface area contributed by atoms with Crippen LogP contribution in [0.4, 0.5) is 0 Å². The van der Waals surface area contributed by atoms with Crippen LogP contribution in [0.2, 0.25) is 0 Å². The van der Waals surface area contributed by atoms with Crippen molar-refractivity contribution in [1.82, 2.24) is 0 Å². The third kappa shape index (κ3) is 2.18. The van der Waals surface area contributed by atoms with Crippen molar-refractivity contribution in [3.05, 3.63) is 70.8 Å². The van der Waals surface area contributed by atoms with Gasteiger partial charge in [0.1, 0.15) is 0 Å². The quantitative estimate of drug-likeness (QED) is 0.715. The van der Waals surface area contributed by atoms with E-state index in [4.69, 9.17) is 0 Å². The summed E-state index contributed by atoms with van der Waals surface area (Å²) in [5.41, 5.74) is 6.66. The third-order valence-corrected chi connectivity index (χ3v) is 3.54. The normalized spacial score (nSPS) is 13.3. The number of benzene rings is 2. The van der Waals surface area contributed by atoms with Crippen LogP contribution < -0.4 is 0 Å². The molecular weight excluding hydrogens is 230 g/mol. The molecule has 0 radical (unpaired) electrons. The maximum atomic E-state index is 9.34. The summed E-state index contributed by atoms with van der Waals surface area (Å²) >= 11 is 0. The van der Waals surface area contributed by atoms with Gasteiger partial charge in [0.25, 0.3) is 0 Å². The van der Waals surface area contributed by atoms with Crippen LogP contribution in [0, 0.1) is 25.2 Å². The molecule has 2 aromatic rings. The average Bonchev–Trinajstić information content (AvgIpc) is 3.23. The number of allylic oxidation sites excluding steroid dienone is 2. The molecule has 1 nitrogen and oxygen atoms in total. The molecule has 0 unspecified atom stereocenters. The Kier molecular flexibility index (Phi) is 2.72. The lowest BCUT2D eigenvalue weighted by atomic mass is 9.91. The summed E-state index contributed by atoms with van der Waals surface area (Å²) in [7, 11) is 0. The standard InChI is InChI=1S/C18H15N/c1-12-3-7-16(15(9-12)11-19)17-8-4-13(2)10-18(17)14-5-6-14/h3-10,14H,1-2H3. The first-order valence-corrected chi connectivity index (χ1v) is 6.49. The summed E-state index contributed by atoms with van der Waals surface area (Å²) in [6, 6.07) is 14.9. The van der Waals surface area contributed by atoms with Crippen LogP contribution in [0.25, 0.3) is 11.1 Å². The van der Waals surface area contributed by atoms with Gasteiger partial charge in [-0.25, -0.2) is 0 Å². The fourth-order valence-electron chi connectivity index (χ4n) is 2.45. The van der Waals surface area contributed by atoms with Crippen molar-refractivity contribution in [1.29, 1.82) is 5.26 Å². The molecule has 0 saturated carbocycles. The zero-order chi connectivity index (χ0) is 13.4. The number of rotatable bonds is 2. The predicted octanol–water partition coefficient (Wildman–Crippen LogP) is 4.50. The van der Waals surface area contributed by atoms with E-state index in [0.29, 0.717) is 5.92 Å². The Balaban J connectivity index is 2.20. The highest BCUT2D eigenvalue weighted by molar-refractivity contribution is 5.76. The molecule has 0 atom stereocenters. The van der Waals surface area contributed by atoms with Crippen LogP contribution in [-0.2, 0) is 0 Å². The summed E-state index contributed by atoms with van der Waals surface area (Å²) in [5.74, 6) is 0.447. The fraction of sp³-hybridized carbons (Fsp3) is 0.167. The topological polar surface area (TPSA) is 23.8 Å². The molecule has 0 amide bonds. The molecule has 0 fully saturated rings. The van der Waals surface area contributed by atoms with E-state index >= 15 is 0 Å². The Morgan fingerprint density at radius 3 is 2.16 bits per heavy atom. The van der Waals surface area contributed by atoms with Gasteiger partial charge in [0.05, 0.1) is 11.6 Å². The van der Waals surface area contributed by atoms with Crippen LogP contribution in [0.3, 0.4) is 0 Å². The van der Waals surface area contributed by atoms with E-state index in [1.54, 1.807) is 0 Å². The monoisotopic (exact) mass is 245 g/mol. The van der Waals surface area contributed by atoms with Crippen LogP contribution in [-0.4, -0.2) is 0 Å². The molecule has 1 aliphatic rings. The molecule has 0 aromatic heterocycles. The van der Waals surface area contributed by atoms with Gasteiger partial charge < -0.3 is 0 Å². The number of aryl methyl sites for hydroxylation is 2. The Morgan fingerprint density at radius 2 is 1.53 bits per heavy atom. The maximum Gasteiger partial charge on any atom is 0.0998 e. The predicted molar refractivity (Wildman–Crippen MR) is 77.9 cm³/mol. The SMILES string of the molecule is Cc1ccc(-c2ccc(C)cc2C2C=C2)c(C#N)c1. The molecule has 1 heteroatoms. The second-order valence-electron chi connectivity index (χ2n) is 5.16. The molecule has 2 aromatic carbocycles. The van der Waals surface area contributed by atoms with Crippen molar-refractivity contribution in [2.45, 2.75) is 19.8 Å². The van der Waals surface area contributed by atoms with Crippen molar-refractivity contribution in [3.8, 4) is 17.2 Å². The first kappa shape index (κ1) is 11.7. The fourth-order valence-corrected chi connectivity index (χ4v) is 2.45. The Morgan fingerprint density at radius 1 is 0.895 bits per heavy atom. The second kappa shape index (κ2) is 4.40. The van der Waals surface area contributed by atoms with Gasteiger partial charge in [-0.1, -0.05) is 48.0 Å². The van der Waals surface area contributed by atoms with E-state index < -0.39 is 0 Å². The Bertz CT molecular complexity index is 711. The lowest BCUT2D eigenvalue weighted by molar-refractivity contribution is 1.22. The van der Waals surface area contributed by atoms with Crippen LogP contribution in [0.5, 0.6) is 0 Å². The van der Waals surface area contributed by atoms with Crippen LogP contribution >= 0.6 is 0 Å². The van der Waals surface area contributed by atoms with Crippen LogP contribution in [0.15, 0.2) is 48.6 Å². The van der Waals surface area contributed by atoms with Crippen molar-refractivity contribution >= 4 is 0 Å². The highest BCUT2D eigenvalue weighted by Gasteiger charge is 2.19. The average molecular weight is 245 g/mol. The smallest absolute Gasteiger partial charge is 0.0998 e. The number of hydrogen-bond donors (Lipinski definition) is 0. The Hall–Kier alpha value is -2.33. The lowest BCUT2D eigenvalue weighted by Gasteiger charge is -2.12. The summed E-state index contributed by atoms with van der Waals surface area (Å²) in [5, 5.41) is 9.34. The zero-order valence-electron chi connectivity index (χ0n) is 11.1. The lowest BCUT2D eigenvalue weighted by Crippen LogP contribution is -1.93. The molecule has 1 aliphatic carbocycles. The molecule has 19 heavy (non-hydrogen) atoms. The van der Waals surface area contributed by atoms with Gasteiger partial charge in [0.2, 0.25) is 0 Å². The van der Waals surface area contributed by atoms with E-state index in [-0.39, 0.29) is 0 Å². The summed E-state index contributed by atoms with van der Waals surface area (Å²) in [4.78, 5) is 0. The highest BCUT2D eigenvalue weighted by Crippen LogP contribution is 2.38. The molecule has 92 valence electrons.